The highest BCUT2D eigenvalue weighted by molar-refractivity contribution is 5.95. The molecule has 0 aliphatic heterocycles. The largest absolute Gasteiger partial charge is 0.504 e. The Morgan fingerprint density at radius 1 is 1.47 bits per heavy atom. The number of carbonyl (C=O) groups is 1. The van der Waals surface area contributed by atoms with E-state index in [1.165, 1.54) is 20.1 Å². The lowest BCUT2D eigenvalue weighted by molar-refractivity contribution is 0.101. The van der Waals surface area contributed by atoms with Crippen LogP contribution in [0.2, 0.25) is 0 Å². The molecule has 0 saturated heterocycles. The lowest BCUT2D eigenvalue weighted by Crippen LogP contribution is -1.99. The number of ketones is 1. The molecule has 1 N–H and O–H groups in total. The fourth-order valence-electron chi connectivity index (χ4n) is 1.26. The predicted molar refractivity (Wildman–Crippen MR) is 55.8 cm³/mol. The van der Waals surface area contributed by atoms with Gasteiger partial charge in [-0.1, -0.05) is 0 Å². The quantitative estimate of drug-likeness (QED) is 0.772. The standard InChI is InChI=1S/C11H14O4/c1-4-15-10-6-8(7(2)12)5-9(13)11(10)14-3/h5-6,13H,4H2,1-3H3. The molecule has 0 bridgehead atoms. The summed E-state index contributed by atoms with van der Waals surface area (Å²) >= 11 is 0. The van der Waals surface area contributed by atoms with Crippen molar-refractivity contribution in [2.75, 3.05) is 13.7 Å². The van der Waals surface area contributed by atoms with Crippen LogP contribution in [0.1, 0.15) is 24.2 Å². The number of Topliss-reactive ketones (excluding diaryl/α,β-unsaturated/α-hetero) is 1. The second kappa shape index (κ2) is 4.68. The summed E-state index contributed by atoms with van der Waals surface area (Å²) in [5.74, 6) is 0.412. The number of ether oxygens (including phenoxy) is 2. The van der Waals surface area contributed by atoms with Crippen molar-refractivity contribution in [1.29, 1.82) is 0 Å². The SMILES string of the molecule is CCOc1cc(C(C)=O)cc(O)c1OC. The van der Waals surface area contributed by atoms with E-state index in [1.807, 2.05) is 6.92 Å². The summed E-state index contributed by atoms with van der Waals surface area (Å²) in [6.07, 6.45) is 0. The van der Waals surface area contributed by atoms with Gasteiger partial charge in [0.15, 0.2) is 17.3 Å². The van der Waals surface area contributed by atoms with Gasteiger partial charge in [-0.25, -0.2) is 0 Å². The van der Waals surface area contributed by atoms with E-state index in [-0.39, 0.29) is 17.3 Å². The fraction of sp³-hybridized carbons (Fsp3) is 0.364. The first-order valence-corrected chi connectivity index (χ1v) is 4.64. The summed E-state index contributed by atoms with van der Waals surface area (Å²) in [7, 11) is 1.44. The first-order valence-electron chi connectivity index (χ1n) is 4.64. The third-order valence-corrected chi connectivity index (χ3v) is 1.95. The van der Waals surface area contributed by atoms with Crippen molar-refractivity contribution in [3.8, 4) is 17.2 Å². The topological polar surface area (TPSA) is 55.8 Å². The molecule has 0 radical (unpaired) electrons. The van der Waals surface area contributed by atoms with Gasteiger partial charge in [0.05, 0.1) is 13.7 Å². The number of carbonyl (C=O) groups excluding carboxylic acids is 1. The third-order valence-electron chi connectivity index (χ3n) is 1.95. The average Bonchev–Trinajstić information content (AvgIpc) is 2.17. The van der Waals surface area contributed by atoms with Gasteiger partial charge >= 0.3 is 0 Å². The van der Waals surface area contributed by atoms with E-state index in [9.17, 15) is 9.90 Å². The number of rotatable bonds is 4. The summed E-state index contributed by atoms with van der Waals surface area (Å²) in [5.41, 5.74) is 0.400. The van der Waals surface area contributed by atoms with Crippen molar-refractivity contribution in [3.63, 3.8) is 0 Å². The summed E-state index contributed by atoms with van der Waals surface area (Å²) in [4.78, 5) is 11.1. The van der Waals surface area contributed by atoms with Gasteiger partial charge in [-0.2, -0.15) is 0 Å². The molecule has 0 unspecified atom stereocenters. The molecule has 0 saturated carbocycles. The summed E-state index contributed by atoms with van der Waals surface area (Å²) in [5, 5.41) is 9.59. The zero-order valence-corrected chi connectivity index (χ0v) is 9.03. The zero-order chi connectivity index (χ0) is 11.4. The monoisotopic (exact) mass is 210 g/mol. The highest BCUT2D eigenvalue weighted by Crippen LogP contribution is 2.37. The molecule has 0 aliphatic rings. The number of phenolic OH excluding ortho intramolecular Hbond substituents is 1. The van der Waals surface area contributed by atoms with Crippen LogP contribution in [-0.4, -0.2) is 24.6 Å². The van der Waals surface area contributed by atoms with Crippen molar-refractivity contribution in [2.45, 2.75) is 13.8 Å². The van der Waals surface area contributed by atoms with Crippen LogP contribution in [0.4, 0.5) is 0 Å². The van der Waals surface area contributed by atoms with Crippen LogP contribution in [0.25, 0.3) is 0 Å². The minimum atomic E-state index is -0.131. The third kappa shape index (κ3) is 2.40. The molecule has 0 fully saturated rings. The molecule has 1 aromatic rings. The number of methoxy groups -OCH3 is 1. The van der Waals surface area contributed by atoms with Crippen LogP contribution in [0.3, 0.4) is 0 Å². The lowest BCUT2D eigenvalue weighted by atomic mass is 10.1. The number of hydrogen-bond acceptors (Lipinski definition) is 4. The Morgan fingerprint density at radius 3 is 2.60 bits per heavy atom. The van der Waals surface area contributed by atoms with Crippen molar-refractivity contribution in [3.05, 3.63) is 17.7 Å². The fourth-order valence-corrected chi connectivity index (χ4v) is 1.26. The van der Waals surface area contributed by atoms with E-state index in [1.54, 1.807) is 6.07 Å². The van der Waals surface area contributed by atoms with Crippen LogP contribution < -0.4 is 9.47 Å². The minimum Gasteiger partial charge on any atom is -0.504 e. The van der Waals surface area contributed by atoms with Crippen LogP contribution in [-0.2, 0) is 0 Å². The van der Waals surface area contributed by atoms with Gasteiger partial charge in [0.1, 0.15) is 0 Å². The second-order valence-corrected chi connectivity index (χ2v) is 3.02. The van der Waals surface area contributed by atoms with E-state index in [0.29, 0.717) is 17.9 Å². The zero-order valence-electron chi connectivity index (χ0n) is 9.03. The van der Waals surface area contributed by atoms with E-state index in [4.69, 9.17) is 9.47 Å². The number of hydrogen-bond donors (Lipinski definition) is 1. The van der Waals surface area contributed by atoms with Gasteiger partial charge in [-0.3, -0.25) is 4.79 Å². The summed E-state index contributed by atoms with van der Waals surface area (Å²) in [6, 6.07) is 2.92. The van der Waals surface area contributed by atoms with E-state index in [0.717, 1.165) is 0 Å². The molecule has 4 nitrogen and oxygen atoms in total. The Hall–Kier alpha value is -1.71. The smallest absolute Gasteiger partial charge is 0.203 e. The molecule has 4 heteroatoms. The molecule has 0 spiro atoms. The van der Waals surface area contributed by atoms with Crippen LogP contribution in [0.15, 0.2) is 12.1 Å². The normalized spacial score (nSPS) is 9.80. The Balaban J connectivity index is 3.25. The van der Waals surface area contributed by atoms with Crippen LogP contribution in [0.5, 0.6) is 17.2 Å². The van der Waals surface area contributed by atoms with Crippen molar-refractivity contribution < 1.29 is 19.4 Å². The predicted octanol–water partition coefficient (Wildman–Crippen LogP) is 2.00. The van der Waals surface area contributed by atoms with E-state index >= 15 is 0 Å². The second-order valence-electron chi connectivity index (χ2n) is 3.02. The Kier molecular flexibility index (Phi) is 3.55. The van der Waals surface area contributed by atoms with Gasteiger partial charge in [-0.05, 0) is 26.0 Å². The molecule has 0 amide bonds. The van der Waals surface area contributed by atoms with Gasteiger partial charge in [-0.15, -0.1) is 0 Å². The molecule has 1 rings (SSSR count). The van der Waals surface area contributed by atoms with Gasteiger partial charge in [0.2, 0.25) is 5.75 Å². The molecule has 0 aliphatic carbocycles. The van der Waals surface area contributed by atoms with E-state index < -0.39 is 0 Å². The van der Waals surface area contributed by atoms with E-state index in [2.05, 4.69) is 0 Å². The maximum Gasteiger partial charge on any atom is 0.203 e. The summed E-state index contributed by atoms with van der Waals surface area (Å²) < 4.78 is 10.2. The van der Waals surface area contributed by atoms with Crippen molar-refractivity contribution in [2.24, 2.45) is 0 Å². The Bertz CT molecular complexity index is 371. The molecular formula is C11H14O4. The Morgan fingerprint density at radius 2 is 2.13 bits per heavy atom. The number of phenols is 1. The molecule has 0 aromatic heterocycles. The Labute approximate surface area is 88.4 Å². The van der Waals surface area contributed by atoms with Crippen LogP contribution in [0, 0.1) is 0 Å². The van der Waals surface area contributed by atoms with Crippen LogP contribution >= 0.6 is 0 Å². The summed E-state index contributed by atoms with van der Waals surface area (Å²) in [6.45, 7) is 3.69. The van der Waals surface area contributed by atoms with Crippen molar-refractivity contribution in [1.82, 2.24) is 0 Å². The maximum atomic E-state index is 11.1. The number of aromatic hydroxyl groups is 1. The molecule has 0 heterocycles. The lowest BCUT2D eigenvalue weighted by Gasteiger charge is -2.11. The average molecular weight is 210 g/mol. The van der Waals surface area contributed by atoms with Crippen molar-refractivity contribution >= 4 is 5.78 Å². The molecular weight excluding hydrogens is 196 g/mol. The molecule has 82 valence electrons. The molecule has 0 atom stereocenters. The molecule has 1 aromatic carbocycles. The highest BCUT2D eigenvalue weighted by Gasteiger charge is 2.13. The first-order chi connectivity index (χ1) is 7.10. The first kappa shape index (κ1) is 11.4. The van der Waals surface area contributed by atoms with Gasteiger partial charge < -0.3 is 14.6 Å². The minimum absolute atomic E-state index is 0.0892. The van der Waals surface area contributed by atoms with Gasteiger partial charge in [0.25, 0.3) is 0 Å². The highest BCUT2D eigenvalue weighted by atomic mass is 16.5. The number of benzene rings is 1. The molecule has 15 heavy (non-hydrogen) atoms. The maximum absolute atomic E-state index is 11.1. The van der Waals surface area contributed by atoms with Gasteiger partial charge in [0, 0.05) is 5.56 Å².